The van der Waals surface area contributed by atoms with E-state index in [1.54, 1.807) is 22.9 Å². The molecule has 1 aliphatic rings. The molecule has 162 valence electrons. The summed E-state index contributed by atoms with van der Waals surface area (Å²) in [6.07, 6.45) is 5.76. The lowest BCUT2D eigenvalue weighted by Gasteiger charge is -2.28. The number of benzene rings is 2. The van der Waals surface area contributed by atoms with Crippen molar-refractivity contribution in [2.24, 2.45) is 0 Å². The van der Waals surface area contributed by atoms with Crippen molar-refractivity contribution in [3.05, 3.63) is 69.2 Å². The van der Waals surface area contributed by atoms with E-state index in [9.17, 15) is 9.90 Å². The maximum Gasteiger partial charge on any atom is 0.267 e. The number of aryl methyl sites for hydroxylation is 1. The van der Waals surface area contributed by atoms with Crippen molar-refractivity contribution in [3.8, 4) is 0 Å². The van der Waals surface area contributed by atoms with Gasteiger partial charge >= 0.3 is 0 Å². The Kier molecular flexibility index (Phi) is 6.99. The van der Waals surface area contributed by atoms with Gasteiger partial charge in [-0.3, -0.25) is 14.9 Å². The maximum atomic E-state index is 11.2. The molecular formula is C23H24ClN3O3S. The molecule has 1 aromatic heterocycles. The Hall–Kier alpha value is -2.29. The molecule has 0 aliphatic heterocycles. The normalized spacial score (nSPS) is 15.8. The largest absolute Gasteiger partial charge is 0.395 e. The molecule has 1 aliphatic carbocycles. The summed E-state index contributed by atoms with van der Waals surface area (Å²) in [6.45, 7) is 1.54. The van der Waals surface area contributed by atoms with Gasteiger partial charge in [0.15, 0.2) is 0 Å². The topological polar surface area (TPSA) is 85.7 Å². The minimum atomic E-state index is -0.551. The van der Waals surface area contributed by atoms with Crippen molar-refractivity contribution in [1.29, 1.82) is 0 Å². The van der Waals surface area contributed by atoms with Gasteiger partial charge in [0.1, 0.15) is 0 Å². The zero-order valence-corrected chi connectivity index (χ0v) is 18.5. The van der Waals surface area contributed by atoms with Gasteiger partial charge in [-0.15, -0.1) is 11.3 Å². The van der Waals surface area contributed by atoms with E-state index in [1.807, 2.05) is 24.3 Å². The number of aromatic nitrogens is 1. The molecule has 0 fully saturated rings. The Balaban J connectivity index is 1.47. The molecule has 2 aromatic carbocycles. The molecule has 3 N–H and O–H groups in total. The molecule has 0 saturated heterocycles. The molecule has 4 rings (SSSR count). The second kappa shape index (κ2) is 9.89. The maximum absolute atomic E-state index is 11.2. The number of nitrogens with zero attached hydrogens (tertiary/aromatic N) is 2. The summed E-state index contributed by atoms with van der Waals surface area (Å²) in [7, 11) is 0. The molecular weight excluding hydrogens is 434 g/mol. The van der Waals surface area contributed by atoms with E-state index < -0.39 is 5.91 Å². The lowest BCUT2D eigenvalue weighted by atomic mass is 10.0. The average Bonchev–Trinajstić information content (AvgIpc) is 3.37. The quantitative estimate of drug-likeness (QED) is 0.270. The number of aliphatic hydroxyl groups is 1. The van der Waals surface area contributed by atoms with Crippen LogP contribution in [0.1, 0.15) is 34.2 Å². The summed E-state index contributed by atoms with van der Waals surface area (Å²) < 4.78 is 1.10. The first-order valence-corrected chi connectivity index (χ1v) is 11.4. The summed E-state index contributed by atoms with van der Waals surface area (Å²) >= 11 is 7.76. The summed E-state index contributed by atoms with van der Waals surface area (Å²) in [5.41, 5.74) is 6.02. The van der Waals surface area contributed by atoms with Gasteiger partial charge in [0, 0.05) is 36.7 Å². The summed E-state index contributed by atoms with van der Waals surface area (Å²) in [5, 5.41) is 20.0. The standard InChI is InChI=1S/C23H24ClN3O3S/c24-17-4-6-19-21(14-17)31-23(25-19)9-10-27(11-12-28)20-7-3-16-13-15(1-5-18(16)20)2-8-22(29)26-30/h1-2,4-6,8,13-14,20,28,30H,3,7,9-12H2,(H,26,29). The average molecular weight is 458 g/mol. The molecule has 6 nitrogen and oxygen atoms in total. The highest BCUT2D eigenvalue weighted by Crippen LogP contribution is 2.36. The smallest absolute Gasteiger partial charge is 0.267 e. The number of nitrogens with one attached hydrogen (secondary N) is 1. The molecule has 31 heavy (non-hydrogen) atoms. The molecule has 1 atom stereocenters. The number of fused-ring (bicyclic) bond motifs is 2. The predicted octanol–water partition coefficient (Wildman–Crippen LogP) is 3.99. The van der Waals surface area contributed by atoms with Crippen molar-refractivity contribution in [2.75, 3.05) is 19.7 Å². The van der Waals surface area contributed by atoms with Crippen molar-refractivity contribution >= 4 is 45.1 Å². The van der Waals surface area contributed by atoms with Crippen LogP contribution in [0.4, 0.5) is 0 Å². The lowest BCUT2D eigenvalue weighted by molar-refractivity contribution is -0.124. The number of rotatable bonds is 8. The number of hydrogen-bond donors (Lipinski definition) is 3. The Morgan fingerprint density at radius 1 is 1.29 bits per heavy atom. The number of aliphatic hydroxyl groups excluding tert-OH is 1. The van der Waals surface area contributed by atoms with Crippen LogP contribution in [0.25, 0.3) is 16.3 Å². The summed E-state index contributed by atoms with van der Waals surface area (Å²) in [6, 6.07) is 12.2. The zero-order chi connectivity index (χ0) is 21.8. The molecule has 8 heteroatoms. The third-order valence-electron chi connectivity index (χ3n) is 5.59. The minimum Gasteiger partial charge on any atom is -0.395 e. The van der Waals surface area contributed by atoms with Crippen LogP contribution < -0.4 is 5.48 Å². The van der Waals surface area contributed by atoms with Crippen molar-refractivity contribution < 1.29 is 15.1 Å². The van der Waals surface area contributed by atoms with E-state index in [4.69, 9.17) is 21.8 Å². The van der Waals surface area contributed by atoms with Crippen LogP contribution >= 0.6 is 22.9 Å². The third-order valence-corrected chi connectivity index (χ3v) is 6.90. The van der Waals surface area contributed by atoms with Crippen molar-refractivity contribution in [1.82, 2.24) is 15.4 Å². The van der Waals surface area contributed by atoms with Crippen LogP contribution in [-0.4, -0.2) is 45.8 Å². The van der Waals surface area contributed by atoms with Gasteiger partial charge in [-0.05, 0) is 53.8 Å². The van der Waals surface area contributed by atoms with Gasteiger partial charge in [-0.1, -0.05) is 29.8 Å². The fraction of sp³-hybridized carbons (Fsp3) is 0.304. The van der Waals surface area contributed by atoms with Gasteiger partial charge in [0.2, 0.25) is 0 Å². The summed E-state index contributed by atoms with van der Waals surface area (Å²) in [4.78, 5) is 18.3. The van der Waals surface area contributed by atoms with Gasteiger partial charge in [0.05, 0.1) is 21.8 Å². The molecule has 0 radical (unpaired) electrons. The van der Waals surface area contributed by atoms with E-state index in [0.29, 0.717) is 6.54 Å². The first-order chi connectivity index (χ1) is 15.1. The first kappa shape index (κ1) is 21.9. The minimum absolute atomic E-state index is 0.110. The molecule has 3 aromatic rings. The third kappa shape index (κ3) is 5.14. The van der Waals surface area contributed by atoms with E-state index >= 15 is 0 Å². The monoisotopic (exact) mass is 457 g/mol. The van der Waals surface area contributed by atoms with Crippen molar-refractivity contribution in [2.45, 2.75) is 25.3 Å². The van der Waals surface area contributed by atoms with Crippen LogP contribution in [0.2, 0.25) is 5.02 Å². The molecule has 1 unspecified atom stereocenters. The molecule has 0 spiro atoms. The molecule has 1 amide bonds. The fourth-order valence-corrected chi connectivity index (χ4v) is 5.38. The predicted molar refractivity (Wildman–Crippen MR) is 123 cm³/mol. The van der Waals surface area contributed by atoms with Crippen molar-refractivity contribution in [3.63, 3.8) is 0 Å². The fourth-order valence-electron chi connectivity index (χ4n) is 4.15. The lowest BCUT2D eigenvalue weighted by Crippen LogP contribution is -2.32. The highest BCUT2D eigenvalue weighted by atomic mass is 35.5. The second-order valence-electron chi connectivity index (χ2n) is 7.55. The number of carbonyl (C=O) groups is 1. The Bertz CT molecular complexity index is 1110. The second-order valence-corrected chi connectivity index (χ2v) is 9.10. The van der Waals surface area contributed by atoms with Crippen LogP contribution in [-0.2, 0) is 17.6 Å². The zero-order valence-electron chi connectivity index (χ0n) is 16.9. The van der Waals surface area contributed by atoms with Gasteiger partial charge < -0.3 is 5.11 Å². The number of halogens is 1. The number of hydroxylamine groups is 1. The number of amides is 1. The van der Waals surface area contributed by atoms with E-state index in [1.165, 1.54) is 17.2 Å². The van der Waals surface area contributed by atoms with E-state index in [0.717, 1.165) is 51.6 Å². The van der Waals surface area contributed by atoms with E-state index in [-0.39, 0.29) is 12.6 Å². The van der Waals surface area contributed by atoms with Crippen LogP contribution in [0.3, 0.4) is 0 Å². The van der Waals surface area contributed by atoms with Crippen LogP contribution in [0.15, 0.2) is 42.5 Å². The molecule has 0 bridgehead atoms. The first-order valence-electron chi connectivity index (χ1n) is 10.2. The number of hydrogen-bond acceptors (Lipinski definition) is 6. The summed E-state index contributed by atoms with van der Waals surface area (Å²) in [5.74, 6) is -0.551. The Morgan fingerprint density at radius 3 is 2.97 bits per heavy atom. The van der Waals surface area contributed by atoms with Gasteiger partial charge in [0.25, 0.3) is 5.91 Å². The van der Waals surface area contributed by atoms with Gasteiger partial charge in [-0.2, -0.15) is 0 Å². The number of carbonyl (C=O) groups excluding carboxylic acids is 1. The Morgan fingerprint density at radius 2 is 2.16 bits per heavy atom. The van der Waals surface area contributed by atoms with E-state index in [2.05, 4.69) is 17.0 Å². The van der Waals surface area contributed by atoms with Crippen LogP contribution in [0.5, 0.6) is 0 Å². The highest BCUT2D eigenvalue weighted by Gasteiger charge is 2.27. The molecule has 0 saturated carbocycles. The Labute approximate surface area is 189 Å². The SMILES string of the molecule is O=C(C=Cc1ccc2c(c1)CCC2N(CCO)CCc1nc2ccc(Cl)cc2s1)NO. The van der Waals surface area contributed by atoms with Gasteiger partial charge in [-0.25, -0.2) is 10.5 Å². The number of thiazole rings is 1. The van der Waals surface area contributed by atoms with Crippen LogP contribution in [0, 0.1) is 0 Å². The molecule has 1 heterocycles. The highest BCUT2D eigenvalue weighted by molar-refractivity contribution is 7.18.